The molecule has 0 aromatic heterocycles. The number of ketones is 1. The lowest BCUT2D eigenvalue weighted by Gasteiger charge is -2.37. The van der Waals surface area contributed by atoms with Gasteiger partial charge in [0.1, 0.15) is 11.5 Å². The minimum atomic E-state index is -0.323. The maximum atomic E-state index is 12.9. The number of hydrogen-bond acceptors (Lipinski definition) is 5. The van der Waals surface area contributed by atoms with Gasteiger partial charge in [-0.3, -0.25) is 9.59 Å². The topological polar surface area (TPSA) is 76.1 Å². The molecule has 2 aliphatic carbocycles. The first-order valence-electron chi connectivity index (χ1n) is 14.0. The Morgan fingerprint density at radius 1 is 1.00 bits per heavy atom. The van der Waals surface area contributed by atoms with Crippen LogP contribution in [-0.2, 0) is 14.3 Å². The molecule has 0 atom stereocenters. The van der Waals surface area contributed by atoms with Crippen molar-refractivity contribution in [2.24, 2.45) is 23.7 Å². The molecule has 1 saturated heterocycles. The van der Waals surface area contributed by atoms with Crippen molar-refractivity contribution in [3.8, 4) is 11.5 Å². The van der Waals surface area contributed by atoms with Crippen LogP contribution in [0.1, 0.15) is 77.2 Å². The van der Waals surface area contributed by atoms with Crippen molar-refractivity contribution in [1.82, 2.24) is 4.90 Å². The third-order valence-electron chi connectivity index (χ3n) is 8.72. The summed E-state index contributed by atoms with van der Waals surface area (Å²) in [7, 11) is 0. The van der Waals surface area contributed by atoms with Crippen LogP contribution in [-0.4, -0.2) is 54.6 Å². The Kier molecular flexibility index (Phi) is 9.47. The summed E-state index contributed by atoms with van der Waals surface area (Å²) in [5, 5.41) is 10.4. The molecule has 1 aromatic rings. The summed E-state index contributed by atoms with van der Waals surface area (Å²) >= 11 is 0. The minimum Gasteiger partial charge on any atom is -0.507 e. The highest BCUT2D eigenvalue weighted by atomic mass is 16.5. The second-order valence-corrected chi connectivity index (χ2v) is 11.0. The van der Waals surface area contributed by atoms with E-state index in [1.54, 1.807) is 23.1 Å². The highest BCUT2D eigenvalue weighted by Gasteiger charge is 2.30. The van der Waals surface area contributed by atoms with Crippen LogP contribution in [0, 0.1) is 23.7 Å². The molecule has 3 aliphatic rings. The molecule has 1 aliphatic heterocycles. The van der Waals surface area contributed by atoms with E-state index in [-0.39, 0.29) is 23.0 Å². The monoisotopic (exact) mass is 497 g/mol. The molecule has 198 valence electrons. The fourth-order valence-electron chi connectivity index (χ4n) is 6.25. The Hall–Kier alpha value is -2.34. The van der Waals surface area contributed by atoms with Gasteiger partial charge < -0.3 is 19.5 Å². The zero-order valence-electron chi connectivity index (χ0n) is 22.0. The molecular formula is C30H43NO5. The predicted molar refractivity (Wildman–Crippen MR) is 141 cm³/mol. The summed E-state index contributed by atoms with van der Waals surface area (Å²) in [6, 6.07) is 5.05. The molecule has 0 spiro atoms. The number of ether oxygens (including phenoxy) is 2. The number of rotatable bonds is 8. The maximum Gasteiger partial charge on any atom is 0.257 e. The largest absolute Gasteiger partial charge is 0.507 e. The summed E-state index contributed by atoms with van der Waals surface area (Å²) in [6.07, 6.45) is 13.6. The van der Waals surface area contributed by atoms with Gasteiger partial charge >= 0.3 is 0 Å². The molecule has 0 unspecified atom stereocenters. The van der Waals surface area contributed by atoms with Gasteiger partial charge in [-0.05, 0) is 93.4 Å². The number of Topliss-reactive ketones (excluding diaryl/α,β-unsaturated/α-hetero) is 1. The number of aromatic hydroxyl groups is 1. The quantitative estimate of drug-likeness (QED) is 0.286. The third-order valence-corrected chi connectivity index (χ3v) is 8.72. The van der Waals surface area contributed by atoms with Crippen LogP contribution in [0.5, 0.6) is 11.5 Å². The second-order valence-electron chi connectivity index (χ2n) is 11.0. The van der Waals surface area contributed by atoms with E-state index in [1.165, 1.54) is 70.8 Å². The van der Waals surface area contributed by atoms with Gasteiger partial charge in [-0.15, -0.1) is 0 Å². The minimum absolute atomic E-state index is 0.0224. The Labute approximate surface area is 216 Å². The molecule has 6 nitrogen and oxygen atoms in total. The lowest BCUT2D eigenvalue weighted by atomic mass is 9.69. The van der Waals surface area contributed by atoms with Crippen molar-refractivity contribution < 1.29 is 24.2 Å². The predicted octanol–water partition coefficient (Wildman–Crippen LogP) is 5.63. The number of phenols is 1. The third kappa shape index (κ3) is 6.90. The van der Waals surface area contributed by atoms with Crippen LogP contribution in [0.2, 0.25) is 0 Å². The van der Waals surface area contributed by atoms with Gasteiger partial charge in [0.15, 0.2) is 5.78 Å². The molecular weight excluding hydrogens is 454 g/mol. The average molecular weight is 498 g/mol. The van der Waals surface area contributed by atoms with E-state index in [0.29, 0.717) is 50.1 Å². The Morgan fingerprint density at radius 2 is 1.61 bits per heavy atom. The summed E-state index contributed by atoms with van der Waals surface area (Å²) < 4.78 is 11.4. The standard InChI is InChI=1S/C30H43NO5/c1-3-22-4-8-24(9-5-22)25-10-6-23(7-11-25)20-36-27-12-13-29(33)26(18-27)19-28(21(2)32)30(34)31-14-16-35-17-15-31/h12-13,18-19,22-25,33H,3-11,14-17,20H2,1-2H3/b28-19+. The fourth-order valence-corrected chi connectivity index (χ4v) is 6.25. The van der Waals surface area contributed by atoms with E-state index in [9.17, 15) is 14.7 Å². The van der Waals surface area contributed by atoms with Crippen LogP contribution in [0.25, 0.3) is 6.08 Å². The van der Waals surface area contributed by atoms with E-state index in [0.717, 1.165) is 17.8 Å². The first-order valence-corrected chi connectivity index (χ1v) is 14.0. The maximum absolute atomic E-state index is 12.9. The van der Waals surface area contributed by atoms with Crippen LogP contribution in [0.3, 0.4) is 0 Å². The van der Waals surface area contributed by atoms with E-state index >= 15 is 0 Å². The molecule has 0 bridgehead atoms. The zero-order chi connectivity index (χ0) is 25.5. The number of carbonyl (C=O) groups excluding carboxylic acids is 2. The zero-order valence-corrected chi connectivity index (χ0v) is 22.0. The number of phenolic OH excluding ortho intramolecular Hbond substituents is 1. The first kappa shape index (κ1) is 26.7. The van der Waals surface area contributed by atoms with Crippen LogP contribution < -0.4 is 4.74 Å². The number of morpholine rings is 1. The molecule has 2 saturated carbocycles. The van der Waals surface area contributed by atoms with Crippen molar-refractivity contribution in [2.45, 2.75) is 71.6 Å². The van der Waals surface area contributed by atoms with Crippen LogP contribution >= 0.6 is 0 Å². The van der Waals surface area contributed by atoms with Gasteiger partial charge in [-0.2, -0.15) is 0 Å². The molecule has 1 amide bonds. The number of hydrogen-bond donors (Lipinski definition) is 1. The van der Waals surface area contributed by atoms with Crippen molar-refractivity contribution in [1.29, 1.82) is 0 Å². The molecule has 4 rings (SSSR count). The molecule has 6 heteroatoms. The van der Waals surface area contributed by atoms with Crippen molar-refractivity contribution in [3.63, 3.8) is 0 Å². The summed E-state index contributed by atoms with van der Waals surface area (Å²) in [5.74, 6) is 3.36. The second kappa shape index (κ2) is 12.8. The Bertz CT molecular complexity index is 919. The van der Waals surface area contributed by atoms with Crippen molar-refractivity contribution >= 4 is 17.8 Å². The first-order chi connectivity index (χ1) is 17.4. The number of benzene rings is 1. The normalized spacial score (nSPS) is 27.5. The average Bonchev–Trinajstić information content (AvgIpc) is 2.92. The Morgan fingerprint density at radius 3 is 2.19 bits per heavy atom. The van der Waals surface area contributed by atoms with Gasteiger partial charge in [-0.25, -0.2) is 0 Å². The van der Waals surface area contributed by atoms with Crippen molar-refractivity contribution in [2.75, 3.05) is 32.9 Å². The SMILES string of the molecule is CCC1CCC(C2CCC(COc3ccc(O)c(/C=C(\C(C)=O)C(=O)N4CCOCC4)c3)CC2)CC1. The summed E-state index contributed by atoms with van der Waals surface area (Å²) in [5.41, 5.74) is 0.487. The highest BCUT2D eigenvalue weighted by Crippen LogP contribution is 2.42. The molecule has 0 radical (unpaired) electrons. The van der Waals surface area contributed by atoms with E-state index in [4.69, 9.17) is 9.47 Å². The van der Waals surface area contributed by atoms with Gasteiger partial charge in [0.05, 0.1) is 25.4 Å². The van der Waals surface area contributed by atoms with Crippen molar-refractivity contribution in [3.05, 3.63) is 29.3 Å². The number of carbonyl (C=O) groups is 2. The van der Waals surface area contributed by atoms with Crippen LogP contribution in [0.15, 0.2) is 23.8 Å². The summed E-state index contributed by atoms with van der Waals surface area (Å²) in [6.45, 7) is 6.22. The molecule has 1 N–H and O–H groups in total. The smallest absolute Gasteiger partial charge is 0.257 e. The molecule has 1 aromatic carbocycles. The molecule has 1 heterocycles. The van der Waals surface area contributed by atoms with E-state index in [2.05, 4.69) is 6.92 Å². The van der Waals surface area contributed by atoms with Gasteiger partial charge in [0.2, 0.25) is 0 Å². The lowest BCUT2D eigenvalue weighted by molar-refractivity contribution is -0.132. The Balaban J connectivity index is 1.32. The van der Waals surface area contributed by atoms with E-state index in [1.807, 2.05) is 0 Å². The van der Waals surface area contributed by atoms with Gasteiger partial charge in [-0.1, -0.05) is 26.2 Å². The molecule has 3 fully saturated rings. The van der Waals surface area contributed by atoms with E-state index < -0.39 is 0 Å². The van der Waals surface area contributed by atoms with Gasteiger partial charge in [0, 0.05) is 18.7 Å². The lowest BCUT2D eigenvalue weighted by Crippen LogP contribution is -2.42. The van der Waals surface area contributed by atoms with Crippen LogP contribution in [0.4, 0.5) is 0 Å². The number of amides is 1. The highest BCUT2D eigenvalue weighted by molar-refractivity contribution is 6.21. The summed E-state index contributed by atoms with van der Waals surface area (Å²) in [4.78, 5) is 26.8. The fraction of sp³-hybridized carbons (Fsp3) is 0.667. The molecule has 36 heavy (non-hydrogen) atoms. The number of nitrogens with zero attached hydrogens (tertiary/aromatic N) is 1. The van der Waals surface area contributed by atoms with Gasteiger partial charge in [0.25, 0.3) is 5.91 Å².